The highest BCUT2D eigenvalue weighted by Crippen LogP contribution is 2.25. The van der Waals surface area contributed by atoms with Crippen LogP contribution < -0.4 is 5.32 Å². The van der Waals surface area contributed by atoms with Gasteiger partial charge >= 0.3 is 0 Å². The van der Waals surface area contributed by atoms with Gasteiger partial charge in [-0.3, -0.25) is 14.6 Å². The third kappa shape index (κ3) is 6.16. The van der Waals surface area contributed by atoms with Gasteiger partial charge in [-0.05, 0) is 62.3 Å². The molecule has 4 rings (SSSR count). The van der Waals surface area contributed by atoms with Crippen molar-refractivity contribution in [3.05, 3.63) is 83.7 Å². The van der Waals surface area contributed by atoms with E-state index in [0.29, 0.717) is 17.5 Å². The molecule has 1 saturated heterocycles. The normalized spacial score (nSPS) is 14.6. The number of carbonyl (C=O) groups excluding carboxylic acids is 2. The second-order valence-electron chi connectivity index (χ2n) is 8.97. The third-order valence-corrected chi connectivity index (χ3v) is 6.42. The van der Waals surface area contributed by atoms with Crippen LogP contribution in [0.1, 0.15) is 39.1 Å². The second kappa shape index (κ2) is 11.2. The molecule has 2 heterocycles. The molecule has 1 aliphatic heterocycles. The van der Waals surface area contributed by atoms with E-state index in [4.69, 9.17) is 0 Å². The number of nitrogens with one attached hydrogen (secondary N) is 1. The zero-order chi connectivity index (χ0) is 23.9. The number of carbonyl (C=O) groups is 2. The Labute approximate surface area is 201 Å². The summed E-state index contributed by atoms with van der Waals surface area (Å²) >= 11 is 0. The lowest BCUT2D eigenvalue weighted by molar-refractivity contribution is 0.0965. The molecular weight excluding hydrogens is 424 g/mol. The Morgan fingerprint density at radius 2 is 1.68 bits per heavy atom. The number of hydrogen-bond donors (Lipinski definition) is 1. The molecule has 0 unspecified atom stereocenters. The topological polar surface area (TPSA) is 65.5 Å². The van der Waals surface area contributed by atoms with Crippen molar-refractivity contribution in [2.45, 2.75) is 19.8 Å². The summed E-state index contributed by atoms with van der Waals surface area (Å²) in [5, 5.41) is 3.01. The predicted octanol–water partition coefficient (Wildman–Crippen LogP) is 4.52. The fourth-order valence-corrected chi connectivity index (χ4v) is 4.15. The maximum atomic E-state index is 12.8. The fraction of sp³-hybridized carbons (Fsp3) is 0.321. The van der Waals surface area contributed by atoms with Crippen LogP contribution in [0.25, 0.3) is 11.1 Å². The first-order valence-corrected chi connectivity index (χ1v) is 11.9. The number of nitrogens with zero attached hydrogens (tertiary/aromatic N) is 3. The van der Waals surface area contributed by atoms with Crippen molar-refractivity contribution < 1.29 is 9.59 Å². The Morgan fingerprint density at radius 1 is 0.941 bits per heavy atom. The van der Waals surface area contributed by atoms with Crippen molar-refractivity contribution in [3.63, 3.8) is 0 Å². The van der Waals surface area contributed by atoms with Gasteiger partial charge < -0.3 is 15.1 Å². The molecule has 6 heteroatoms. The van der Waals surface area contributed by atoms with Crippen LogP contribution in [0.3, 0.4) is 0 Å². The zero-order valence-corrected chi connectivity index (χ0v) is 20.0. The highest BCUT2D eigenvalue weighted by molar-refractivity contribution is 6.05. The SMILES string of the molecule is Cc1ccc(-c2cccnc2)cc1NC(=O)c1ccc(C(=O)CCCN2CCN(C)CC2)cc1. The van der Waals surface area contributed by atoms with E-state index < -0.39 is 0 Å². The van der Waals surface area contributed by atoms with Gasteiger partial charge in [0.2, 0.25) is 0 Å². The second-order valence-corrected chi connectivity index (χ2v) is 8.97. The summed E-state index contributed by atoms with van der Waals surface area (Å²) < 4.78 is 0. The molecule has 1 fully saturated rings. The largest absolute Gasteiger partial charge is 0.322 e. The van der Waals surface area contributed by atoms with Crippen LogP contribution in [-0.2, 0) is 0 Å². The number of Topliss-reactive ketones (excluding diaryl/α,β-unsaturated/α-hetero) is 1. The fourth-order valence-electron chi connectivity index (χ4n) is 4.15. The molecule has 1 aromatic heterocycles. The first-order chi connectivity index (χ1) is 16.5. The van der Waals surface area contributed by atoms with E-state index in [0.717, 1.165) is 61.5 Å². The Hall–Kier alpha value is -3.35. The van der Waals surface area contributed by atoms with Gasteiger partial charge in [-0.25, -0.2) is 0 Å². The number of piperazine rings is 1. The molecule has 1 amide bonds. The molecule has 0 bridgehead atoms. The monoisotopic (exact) mass is 456 g/mol. The lowest BCUT2D eigenvalue weighted by Crippen LogP contribution is -2.44. The molecule has 176 valence electrons. The van der Waals surface area contributed by atoms with Gasteiger partial charge in [0.1, 0.15) is 0 Å². The molecule has 0 aliphatic carbocycles. The van der Waals surface area contributed by atoms with Gasteiger partial charge in [0.25, 0.3) is 5.91 Å². The smallest absolute Gasteiger partial charge is 0.255 e. The molecule has 3 aromatic rings. The summed E-state index contributed by atoms with van der Waals surface area (Å²) in [7, 11) is 2.14. The summed E-state index contributed by atoms with van der Waals surface area (Å²) in [6.45, 7) is 7.23. The molecule has 34 heavy (non-hydrogen) atoms. The van der Waals surface area contributed by atoms with E-state index in [9.17, 15) is 9.59 Å². The van der Waals surface area contributed by atoms with Crippen molar-refractivity contribution in [2.75, 3.05) is 45.1 Å². The number of aromatic nitrogens is 1. The molecule has 2 aromatic carbocycles. The van der Waals surface area contributed by atoms with E-state index in [1.165, 1.54) is 0 Å². The molecule has 0 radical (unpaired) electrons. The van der Waals surface area contributed by atoms with E-state index in [-0.39, 0.29) is 11.7 Å². The van der Waals surface area contributed by atoms with Crippen LogP contribution >= 0.6 is 0 Å². The average molecular weight is 457 g/mol. The van der Waals surface area contributed by atoms with Gasteiger partial charge in [0.05, 0.1) is 0 Å². The van der Waals surface area contributed by atoms with Crippen molar-refractivity contribution in [3.8, 4) is 11.1 Å². The zero-order valence-electron chi connectivity index (χ0n) is 20.0. The van der Waals surface area contributed by atoms with Crippen molar-refractivity contribution in [2.24, 2.45) is 0 Å². The minimum absolute atomic E-state index is 0.126. The summed E-state index contributed by atoms with van der Waals surface area (Å²) in [5.41, 5.74) is 4.91. The first kappa shape index (κ1) is 23.8. The molecule has 1 N–H and O–H groups in total. The number of rotatable bonds is 8. The van der Waals surface area contributed by atoms with Gasteiger partial charge in [-0.1, -0.05) is 30.3 Å². The van der Waals surface area contributed by atoms with Crippen molar-refractivity contribution in [1.82, 2.24) is 14.8 Å². The van der Waals surface area contributed by atoms with E-state index in [2.05, 4.69) is 27.1 Å². The Morgan fingerprint density at radius 3 is 2.38 bits per heavy atom. The number of amides is 1. The van der Waals surface area contributed by atoms with Crippen molar-refractivity contribution in [1.29, 1.82) is 0 Å². The van der Waals surface area contributed by atoms with E-state index in [1.807, 2.05) is 37.3 Å². The summed E-state index contributed by atoms with van der Waals surface area (Å²) in [6.07, 6.45) is 4.93. The van der Waals surface area contributed by atoms with Gasteiger partial charge in [0.15, 0.2) is 5.78 Å². The maximum Gasteiger partial charge on any atom is 0.255 e. The molecular formula is C28H32N4O2. The van der Waals surface area contributed by atoms with Gasteiger partial charge in [0, 0.05) is 67.4 Å². The predicted molar refractivity (Wildman–Crippen MR) is 136 cm³/mol. The Balaban J connectivity index is 1.33. The summed E-state index contributed by atoms with van der Waals surface area (Å²) in [4.78, 5) is 34.4. The quantitative estimate of drug-likeness (QED) is 0.505. The summed E-state index contributed by atoms with van der Waals surface area (Å²) in [6, 6.07) is 16.8. The maximum absolute atomic E-state index is 12.8. The van der Waals surface area contributed by atoms with Crippen LogP contribution in [0, 0.1) is 6.92 Å². The van der Waals surface area contributed by atoms with Gasteiger partial charge in [-0.15, -0.1) is 0 Å². The highest BCUT2D eigenvalue weighted by Gasteiger charge is 2.15. The van der Waals surface area contributed by atoms with Crippen LogP contribution in [0.4, 0.5) is 5.69 Å². The van der Waals surface area contributed by atoms with E-state index in [1.54, 1.807) is 36.7 Å². The number of benzene rings is 2. The number of aryl methyl sites for hydroxylation is 1. The van der Waals surface area contributed by atoms with Crippen LogP contribution in [-0.4, -0.2) is 66.2 Å². The van der Waals surface area contributed by atoms with Crippen LogP contribution in [0.5, 0.6) is 0 Å². The summed E-state index contributed by atoms with van der Waals surface area (Å²) in [5.74, 6) is -0.0680. The lowest BCUT2D eigenvalue weighted by atomic mass is 10.0. The molecule has 0 spiro atoms. The number of pyridine rings is 1. The standard InChI is InChI=1S/C28H32N4O2/c1-21-7-8-24(25-5-3-13-29-20-25)19-26(21)30-28(34)23-11-9-22(10-12-23)27(33)6-4-14-32-17-15-31(2)16-18-32/h3,5,7-13,19-20H,4,6,14-18H2,1-2H3,(H,30,34). The third-order valence-electron chi connectivity index (χ3n) is 6.42. The average Bonchev–Trinajstić information content (AvgIpc) is 2.87. The molecule has 1 aliphatic rings. The number of likely N-dealkylation sites (N-methyl/N-ethyl adjacent to an activating group) is 1. The Kier molecular flexibility index (Phi) is 7.83. The number of ketones is 1. The number of hydrogen-bond acceptors (Lipinski definition) is 5. The lowest BCUT2D eigenvalue weighted by Gasteiger charge is -2.32. The highest BCUT2D eigenvalue weighted by atomic mass is 16.1. The Bertz CT molecular complexity index is 1120. The first-order valence-electron chi connectivity index (χ1n) is 11.9. The molecule has 0 atom stereocenters. The minimum atomic E-state index is -0.194. The van der Waals surface area contributed by atoms with Crippen molar-refractivity contribution >= 4 is 17.4 Å². The number of anilines is 1. The minimum Gasteiger partial charge on any atom is -0.322 e. The molecule has 0 saturated carbocycles. The van der Waals surface area contributed by atoms with Crippen LogP contribution in [0.15, 0.2) is 67.0 Å². The molecule has 6 nitrogen and oxygen atoms in total. The van der Waals surface area contributed by atoms with Gasteiger partial charge in [-0.2, -0.15) is 0 Å². The van der Waals surface area contributed by atoms with E-state index >= 15 is 0 Å². The van der Waals surface area contributed by atoms with Crippen LogP contribution in [0.2, 0.25) is 0 Å².